The predicted molar refractivity (Wildman–Crippen MR) is 87.3 cm³/mol. The van der Waals surface area contributed by atoms with Crippen molar-refractivity contribution in [2.45, 2.75) is 37.6 Å². The Labute approximate surface area is 130 Å². The van der Waals surface area contributed by atoms with Crippen LogP contribution in [0.5, 0.6) is 0 Å². The molecule has 3 heteroatoms. The molecule has 114 valence electrons. The van der Waals surface area contributed by atoms with Crippen LogP contribution in [0.25, 0.3) is 0 Å². The number of carboxylic acids is 1. The van der Waals surface area contributed by atoms with Crippen molar-refractivity contribution in [2.75, 3.05) is 5.32 Å². The van der Waals surface area contributed by atoms with Crippen LogP contribution in [-0.2, 0) is 0 Å². The van der Waals surface area contributed by atoms with Gasteiger partial charge in [0, 0.05) is 12.0 Å². The normalized spacial score (nSPS) is 32.2. The van der Waals surface area contributed by atoms with Gasteiger partial charge >= 0.3 is 5.97 Å². The first-order chi connectivity index (χ1) is 10.8. The molecule has 0 saturated carbocycles. The van der Waals surface area contributed by atoms with Gasteiger partial charge in [0.1, 0.15) is 0 Å². The largest absolute Gasteiger partial charge is 0.478 e. The first-order valence-electron chi connectivity index (χ1n) is 8.20. The van der Waals surface area contributed by atoms with Gasteiger partial charge in [-0.3, -0.25) is 0 Å². The Kier molecular flexibility index (Phi) is 3.29. The summed E-state index contributed by atoms with van der Waals surface area (Å²) < 4.78 is 0. The van der Waals surface area contributed by atoms with Gasteiger partial charge in [-0.05, 0) is 49.1 Å². The number of anilines is 1. The predicted octanol–water partition coefficient (Wildman–Crippen LogP) is 4.19. The van der Waals surface area contributed by atoms with Gasteiger partial charge in [-0.25, -0.2) is 4.79 Å². The quantitative estimate of drug-likeness (QED) is 0.804. The van der Waals surface area contributed by atoms with E-state index >= 15 is 0 Å². The molecule has 22 heavy (non-hydrogen) atoms. The molecule has 0 fully saturated rings. The summed E-state index contributed by atoms with van der Waals surface area (Å²) in [5.41, 5.74) is 2.41. The molecule has 3 aliphatic rings. The summed E-state index contributed by atoms with van der Waals surface area (Å²) in [7, 11) is 0. The molecule has 0 saturated heterocycles. The van der Waals surface area contributed by atoms with E-state index in [1.54, 1.807) is 6.07 Å². The van der Waals surface area contributed by atoms with Crippen LogP contribution in [0.1, 0.15) is 47.5 Å². The highest BCUT2D eigenvalue weighted by molar-refractivity contribution is 5.95. The van der Waals surface area contributed by atoms with Gasteiger partial charge < -0.3 is 10.4 Å². The van der Waals surface area contributed by atoms with Crippen LogP contribution < -0.4 is 5.32 Å². The second-order valence-electron chi connectivity index (χ2n) is 6.64. The summed E-state index contributed by atoms with van der Waals surface area (Å²) in [4.78, 5) is 11.6. The van der Waals surface area contributed by atoms with E-state index in [0.29, 0.717) is 29.4 Å². The fourth-order valence-corrected chi connectivity index (χ4v) is 4.45. The minimum atomic E-state index is -0.841. The molecule has 0 radical (unpaired) electrons. The fourth-order valence-electron chi connectivity index (χ4n) is 4.45. The average molecular weight is 295 g/mol. The van der Waals surface area contributed by atoms with Crippen molar-refractivity contribution in [1.29, 1.82) is 0 Å². The molecule has 4 rings (SSSR count). The topological polar surface area (TPSA) is 49.3 Å². The molecule has 1 aromatic rings. The summed E-state index contributed by atoms with van der Waals surface area (Å²) >= 11 is 0. The number of carboxylic acid groups (broad SMARTS) is 1. The molecule has 0 spiro atoms. The maximum Gasteiger partial charge on any atom is 0.337 e. The van der Waals surface area contributed by atoms with Gasteiger partial charge in [-0.15, -0.1) is 0 Å². The molecule has 0 amide bonds. The Morgan fingerprint density at radius 3 is 2.86 bits per heavy atom. The van der Waals surface area contributed by atoms with Crippen LogP contribution in [0.15, 0.2) is 42.5 Å². The zero-order valence-corrected chi connectivity index (χ0v) is 12.5. The third-order valence-electron chi connectivity index (χ3n) is 5.49. The van der Waals surface area contributed by atoms with Gasteiger partial charge in [0.05, 0.1) is 11.3 Å². The number of hydrogen-bond acceptors (Lipinski definition) is 2. The van der Waals surface area contributed by atoms with Gasteiger partial charge in [-0.1, -0.05) is 36.4 Å². The van der Waals surface area contributed by atoms with Crippen molar-refractivity contribution in [3.05, 3.63) is 53.6 Å². The number of allylic oxidation sites excluding steroid dienone is 4. The van der Waals surface area contributed by atoms with Crippen molar-refractivity contribution in [1.82, 2.24) is 0 Å². The Morgan fingerprint density at radius 1 is 1.18 bits per heavy atom. The highest BCUT2D eigenvalue weighted by Gasteiger charge is 2.41. The minimum absolute atomic E-state index is 0.367. The number of benzene rings is 1. The molecule has 0 bridgehead atoms. The highest BCUT2D eigenvalue weighted by atomic mass is 16.4. The van der Waals surface area contributed by atoms with E-state index in [1.807, 2.05) is 6.07 Å². The van der Waals surface area contributed by atoms with Crippen LogP contribution in [0.2, 0.25) is 0 Å². The SMILES string of the molecule is O=C(O)c1cccc2c1N[C@H]([C@H]1CC=CCC1)[C@@H]1CC=C[C@@H]21. The maximum atomic E-state index is 11.6. The number of carbonyl (C=O) groups is 1. The zero-order valence-electron chi connectivity index (χ0n) is 12.5. The zero-order chi connectivity index (χ0) is 15.1. The first kappa shape index (κ1) is 13.6. The maximum absolute atomic E-state index is 11.6. The summed E-state index contributed by atoms with van der Waals surface area (Å²) in [6, 6.07) is 6.04. The van der Waals surface area contributed by atoms with E-state index in [9.17, 15) is 9.90 Å². The van der Waals surface area contributed by atoms with Crippen molar-refractivity contribution < 1.29 is 9.90 Å². The van der Waals surface area contributed by atoms with Gasteiger partial charge in [0.15, 0.2) is 0 Å². The smallest absolute Gasteiger partial charge is 0.337 e. The average Bonchev–Trinajstić information content (AvgIpc) is 3.04. The molecular weight excluding hydrogens is 274 g/mol. The fraction of sp³-hybridized carbons (Fsp3) is 0.421. The number of para-hydroxylation sites is 1. The summed E-state index contributed by atoms with van der Waals surface area (Å²) in [6.45, 7) is 0. The number of fused-ring (bicyclic) bond motifs is 3. The van der Waals surface area contributed by atoms with Crippen molar-refractivity contribution in [3.8, 4) is 0 Å². The second-order valence-corrected chi connectivity index (χ2v) is 6.64. The monoisotopic (exact) mass is 295 g/mol. The van der Waals surface area contributed by atoms with Crippen LogP contribution in [0.4, 0.5) is 5.69 Å². The van der Waals surface area contributed by atoms with Crippen molar-refractivity contribution >= 4 is 11.7 Å². The van der Waals surface area contributed by atoms with Crippen LogP contribution in [0.3, 0.4) is 0 Å². The summed E-state index contributed by atoms with van der Waals surface area (Å²) in [6.07, 6.45) is 13.6. The van der Waals surface area contributed by atoms with Crippen molar-refractivity contribution in [3.63, 3.8) is 0 Å². The third kappa shape index (κ3) is 2.07. The molecule has 0 unspecified atom stereocenters. The Morgan fingerprint density at radius 2 is 2.09 bits per heavy atom. The van der Waals surface area contributed by atoms with Crippen LogP contribution >= 0.6 is 0 Å². The molecule has 4 atom stereocenters. The lowest BCUT2D eigenvalue weighted by molar-refractivity contribution is 0.0697. The van der Waals surface area contributed by atoms with Gasteiger partial charge in [-0.2, -0.15) is 0 Å². The molecule has 3 nitrogen and oxygen atoms in total. The molecular formula is C19H21NO2. The molecule has 1 aromatic carbocycles. The first-order valence-corrected chi connectivity index (χ1v) is 8.20. The summed E-state index contributed by atoms with van der Waals surface area (Å²) in [5.74, 6) is 0.693. The lowest BCUT2D eigenvalue weighted by atomic mass is 9.71. The number of hydrogen-bond donors (Lipinski definition) is 2. The number of aromatic carboxylic acids is 1. The van der Waals surface area contributed by atoms with E-state index in [4.69, 9.17) is 0 Å². The number of rotatable bonds is 2. The number of nitrogens with one attached hydrogen (secondary N) is 1. The van der Waals surface area contributed by atoms with E-state index in [-0.39, 0.29) is 0 Å². The highest BCUT2D eigenvalue weighted by Crippen LogP contribution is 2.48. The van der Waals surface area contributed by atoms with Gasteiger partial charge in [0.2, 0.25) is 0 Å². The second kappa shape index (κ2) is 5.31. The summed E-state index contributed by atoms with van der Waals surface area (Å²) in [5, 5.41) is 13.1. The van der Waals surface area contributed by atoms with E-state index in [2.05, 4.69) is 35.7 Å². The van der Waals surface area contributed by atoms with Crippen LogP contribution in [0, 0.1) is 11.8 Å². The molecule has 1 aliphatic heterocycles. The molecule has 1 heterocycles. The van der Waals surface area contributed by atoms with E-state index in [0.717, 1.165) is 30.5 Å². The van der Waals surface area contributed by atoms with Crippen molar-refractivity contribution in [2.24, 2.45) is 11.8 Å². The molecule has 2 aliphatic carbocycles. The van der Waals surface area contributed by atoms with E-state index in [1.165, 1.54) is 6.42 Å². The lowest BCUT2D eigenvalue weighted by Crippen LogP contribution is -2.42. The third-order valence-corrected chi connectivity index (χ3v) is 5.49. The Bertz CT molecular complexity index is 661. The minimum Gasteiger partial charge on any atom is -0.478 e. The molecule has 2 N–H and O–H groups in total. The Hall–Kier alpha value is -2.03. The Balaban J connectivity index is 1.76. The molecule has 0 aromatic heterocycles. The lowest BCUT2D eigenvalue weighted by Gasteiger charge is -2.42. The van der Waals surface area contributed by atoms with Crippen LogP contribution in [-0.4, -0.2) is 17.1 Å². The standard InChI is InChI=1S/C19H21NO2/c21-19(22)16-11-5-10-15-13-8-4-9-14(13)17(20-18(15)16)12-6-2-1-3-7-12/h1-2,4-5,8,10-14,17,20H,3,6-7,9H2,(H,21,22)/t12-,13+,14+,17+/m0/s1. The van der Waals surface area contributed by atoms with E-state index < -0.39 is 5.97 Å². The van der Waals surface area contributed by atoms with Gasteiger partial charge in [0.25, 0.3) is 0 Å².